The molecular formula is C48H73I7O33. The van der Waals surface area contributed by atoms with Crippen molar-refractivity contribution in [2.45, 2.75) is 246 Å². The molecule has 40 atom stereocenters. The molecule has 0 spiro atoms. The van der Waals surface area contributed by atoms with Crippen LogP contribution in [0.25, 0.3) is 0 Å². The number of rotatable bonds is 8. The maximum Gasteiger partial charge on any atom is 0.187 e. The van der Waals surface area contributed by atoms with E-state index in [1.807, 2.05) is 158 Å². The Bertz CT molecular complexity index is 1730. The van der Waals surface area contributed by atoms with Crippen LogP contribution in [0.3, 0.4) is 0 Å². The summed E-state index contributed by atoms with van der Waals surface area (Å²) >= 11 is 13.3. The first-order valence-electron chi connectivity index (χ1n) is 27.8. The maximum absolute atomic E-state index is 11.7. The highest BCUT2D eigenvalue weighted by Gasteiger charge is 2.60. The van der Waals surface area contributed by atoms with Gasteiger partial charge in [0.2, 0.25) is 0 Å². The molecule has 0 saturated carbocycles. The zero-order valence-corrected chi connectivity index (χ0v) is 60.6. The Kier molecular flexibility index (Phi) is 28.9. The molecule has 17 N–H and O–H groups in total. The summed E-state index contributed by atoms with van der Waals surface area (Å²) in [5.74, 6) is 0. The molecule has 0 aromatic carbocycles. The molecule has 40 heteroatoms. The largest absolute Gasteiger partial charge is 0.394 e. The molecular weight excluding hydrogens is 1990 g/mol. The molecule has 2 unspecified atom stereocenters. The third-order valence-electron chi connectivity index (χ3n) is 16.7. The van der Waals surface area contributed by atoms with Crippen molar-refractivity contribution in [2.75, 3.05) is 37.6 Å². The highest BCUT2D eigenvalue weighted by Crippen LogP contribution is 2.41. The van der Waals surface area contributed by atoms with Crippen LogP contribution in [0.1, 0.15) is 0 Å². The van der Waals surface area contributed by atoms with E-state index in [4.69, 9.17) is 75.8 Å². The van der Waals surface area contributed by atoms with E-state index in [0.717, 1.165) is 0 Å². The molecule has 0 aromatic heterocycles. The molecule has 30 fully saturated rings. The van der Waals surface area contributed by atoms with Crippen LogP contribution >= 0.6 is 158 Å². The second-order valence-corrected chi connectivity index (χ2v) is 28.4. The van der Waals surface area contributed by atoms with E-state index in [2.05, 4.69) is 0 Å². The average Bonchev–Trinajstić information content (AvgIpc) is 1.42. The highest BCUT2D eigenvalue weighted by molar-refractivity contribution is 14.1. The molecule has 30 heterocycles. The SMILES string of the molecule is OC[C@H]1O[C@@H]2O[C@H]3[C@H](O)[C@@H](O)[C@@H](O[C@H]4[C@H](O)[C@@H](O)C(O[C@H]5[C@H](O)[C@@H](O)[C@@H](O[C@H]6[C@H](O)[C@@H](O)[C@@H](O[C@H]7[C@H](O)[C@@H](O)[C@@H](O[C@H]8[C@H](O)[C@@H](O)[C@@H](OC9[C@@H](CI)O[C@H](O[C@H]1[C@H](O)[C@H]2O)[C@H](O)[C@H]9O)O[C@@H]8CI)O[C@@H]7CI)O[C@@H]6CI)O[C@@H]5CI)O[C@@H]4CI)O[C@@H]3CI. The first-order chi connectivity index (χ1) is 41.9. The van der Waals surface area contributed by atoms with E-state index in [0.29, 0.717) is 0 Å². The van der Waals surface area contributed by atoms with Crippen molar-refractivity contribution in [1.29, 1.82) is 0 Å². The smallest absolute Gasteiger partial charge is 0.187 e. The number of hydrogen-bond acceptors (Lipinski definition) is 33. The molecule has 0 aliphatic carbocycles. The van der Waals surface area contributed by atoms with Gasteiger partial charge < -0.3 is 163 Å². The fourth-order valence-electron chi connectivity index (χ4n) is 11.7. The molecule has 0 radical (unpaired) electrons. The Morgan fingerprint density at radius 3 is 0.398 bits per heavy atom. The van der Waals surface area contributed by atoms with E-state index in [9.17, 15) is 86.8 Å². The van der Waals surface area contributed by atoms with Crippen molar-refractivity contribution < 1.29 is 163 Å². The lowest BCUT2D eigenvalue weighted by molar-refractivity contribution is -0.397. The molecule has 0 aromatic rings. The van der Waals surface area contributed by atoms with Crippen molar-refractivity contribution in [1.82, 2.24) is 0 Å². The summed E-state index contributed by atoms with van der Waals surface area (Å²) in [4.78, 5) is 0. The fourth-order valence-corrected chi connectivity index (χ4v) is 16.7. The van der Waals surface area contributed by atoms with E-state index < -0.39 is 252 Å². The topological polar surface area (TPSA) is 492 Å². The summed E-state index contributed by atoms with van der Waals surface area (Å²) in [6.45, 7) is -0.916. The van der Waals surface area contributed by atoms with E-state index in [1.54, 1.807) is 0 Å². The molecule has 16 bridgehead atoms. The lowest BCUT2D eigenvalue weighted by atomic mass is 9.95. The third-order valence-corrected chi connectivity index (χ3v) is 22.8. The minimum Gasteiger partial charge on any atom is -0.394 e. The Hall–Kier alpha value is 3.79. The second-order valence-electron chi connectivity index (χ2n) is 22.3. The summed E-state index contributed by atoms with van der Waals surface area (Å²) in [5, 5.41) is 196. The van der Waals surface area contributed by atoms with E-state index in [1.165, 1.54) is 0 Å². The van der Waals surface area contributed by atoms with Gasteiger partial charge in [-0.2, -0.15) is 0 Å². The molecule has 33 nitrogen and oxygen atoms in total. The van der Waals surface area contributed by atoms with Crippen LogP contribution in [-0.2, 0) is 75.8 Å². The average molecular weight is 2070 g/mol. The van der Waals surface area contributed by atoms with E-state index in [-0.39, 0.29) is 31.0 Å². The Morgan fingerprint density at radius 2 is 0.284 bits per heavy atom. The van der Waals surface area contributed by atoms with Crippen LogP contribution in [0.4, 0.5) is 0 Å². The second kappa shape index (κ2) is 33.5. The van der Waals surface area contributed by atoms with Gasteiger partial charge in [0.05, 0.1) is 49.3 Å². The van der Waals surface area contributed by atoms with Gasteiger partial charge in [0.1, 0.15) is 153 Å². The first-order valence-corrected chi connectivity index (χ1v) is 38.5. The summed E-state index contributed by atoms with van der Waals surface area (Å²) in [6, 6.07) is 0. The van der Waals surface area contributed by atoms with Crippen molar-refractivity contribution in [2.24, 2.45) is 0 Å². The molecule has 0 amide bonds. The Labute approximate surface area is 597 Å². The van der Waals surface area contributed by atoms with Crippen LogP contribution in [0, 0.1) is 0 Å². The number of aliphatic hydroxyl groups excluding tert-OH is 17. The van der Waals surface area contributed by atoms with Crippen LogP contribution < -0.4 is 0 Å². The Balaban J connectivity index is 0.975. The number of alkyl halides is 7. The minimum absolute atomic E-state index is 0.00567. The highest BCUT2D eigenvalue weighted by atomic mass is 127. The van der Waals surface area contributed by atoms with Gasteiger partial charge in [-0.05, 0) is 0 Å². The first kappa shape index (κ1) is 76.0. The van der Waals surface area contributed by atoms with Gasteiger partial charge >= 0.3 is 0 Å². The number of ether oxygens (including phenoxy) is 16. The maximum atomic E-state index is 11.7. The monoisotopic (exact) mass is 2070 g/mol. The summed E-state index contributed by atoms with van der Waals surface area (Å²) in [6.07, 6.45) is -67.0. The van der Waals surface area contributed by atoms with Gasteiger partial charge in [-0.15, -0.1) is 0 Å². The quantitative estimate of drug-likeness (QED) is 0.0793. The van der Waals surface area contributed by atoms with Crippen LogP contribution in [0.5, 0.6) is 0 Å². The lowest BCUT2D eigenvalue weighted by Gasteiger charge is -2.50. The minimum atomic E-state index is -2.04. The van der Waals surface area contributed by atoms with Gasteiger partial charge in [-0.3, -0.25) is 0 Å². The van der Waals surface area contributed by atoms with E-state index >= 15 is 0 Å². The van der Waals surface area contributed by atoms with Gasteiger partial charge in [0, 0.05) is 31.0 Å². The third kappa shape index (κ3) is 15.8. The Morgan fingerprint density at radius 1 is 0.170 bits per heavy atom. The zero-order chi connectivity index (χ0) is 64.1. The summed E-state index contributed by atoms with van der Waals surface area (Å²) in [5.41, 5.74) is 0. The lowest BCUT2D eigenvalue weighted by Crippen LogP contribution is -2.68. The van der Waals surface area contributed by atoms with Crippen LogP contribution in [-0.4, -0.2) is 370 Å². The summed E-state index contributed by atoms with van der Waals surface area (Å²) < 4.78 is 97.1. The standard InChI is InChI=1S/C48H73I7O33/c49-1-9-33-17(57)25(65)41(73-9)82-34-10(2-50)75-43(27(67)19(34)59)84-36-12(4-52)77-45(29(69)21(36)61)86-38-14(6-54)79-47(31(71)23(38)63)88-40-16(8-56)80-48(32(72)24(40)64)87-39-15(7-55)78-46(30(70)22(39)62)85-37-13(5-53)76-44(28(68)20(37)60)83-35-11(3-51)74-42(81-33)26(66)18(35)58/h9-48,56-72H,1-8H2/t9-,10-,11-,12-,13-,14-,15-,16-,17-,18-,19-,20-,21-,22-,23-,24-,25-,26-,27-,28-,29-,30-,31-,32-,33-,34-,35-,36-,37-,38?,39-,40-,41-,42-,43-,44?,45-,46-,47-,48-/m1/s1. The normalized spacial score (nSPS) is 55.4. The van der Waals surface area contributed by atoms with Gasteiger partial charge in [0.25, 0.3) is 0 Å². The number of hydrogen-bond donors (Lipinski definition) is 17. The molecule has 512 valence electrons. The van der Waals surface area contributed by atoms with Crippen LogP contribution in [0.15, 0.2) is 0 Å². The van der Waals surface area contributed by atoms with Crippen molar-refractivity contribution in [3.05, 3.63) is 0 Å². The number of aliphatic hydroxyl groups is 17. The zero-order valence-electron chi connectivity index (χ0n) is 45.5. The summed E-state index contributed by atoms with van der Waals surface area (Å²) in [7, 11) is 0. The van der Waals surface area contributed by atoms with Crippen molar-refractivity contribution in [3.8, 4) is 0 Å². The molecule has 30 aliphatic rings. The fraction of sp³-hybridized carbons (Fsp3) is 1.00. The van der Waals surface area contributed by atoms with Gasteiger partial charge in [0.15, 0.2) is 50.3 Å². The molecule has 30 rings (SSSR count). The van der Waals surface area contributed by atoms with Crippen molar-refractivity contribution in [3.63, 3.8) is 0 Å². The van der Waals surface area contributed by atoms with Gasteiger partial charge in [-0.1, -0.05) is 158 Å². The number of halogens is 7. The van der Waals surface area contributed by atoms with Gasteiger partial charge in [-0.25, -0.2) is 0 Å². The predicted molar refractivity (Wildman–Crippen MR) is 344 cm³/mol. The molecule has 30 aliphatic heterocycles. The predicted octanol–water partition coefficient (Wildman–Crippen LogP) is -7.31. The van der Waals surface area contributed by atoms with Crippen LogP contribution in [0.2, 0.25) is 0 Å². The molecule has 88 heavy (non-hydrogen) atoms. The van der Waals surface area contributed by atoms with Crippen molar-refractivity contribution >= 4 is 158 Å². The molecule has 30 saturated heterocycles.